The number of unbranched alkanes of at least 4 members (excludes halogenated alkanes) is 1. The van der Waals surface area contributed by atoms with Crippen molar-refractivity contribution in [2.75, 3.05) is 11.9 Å². The number of halogens is 4. The molecule has 0 aliphatic carbocycles. The van der Waals surface area contributed by atoms with Crippen molar-refractivity contribution in [2.24, 2.45) is 5.92 Å². The fourth-order valence-corrected chi connectivity index (χ4v) is 2.46. The number of anilines is 1. The molecule has 0 bridgehead atoms. The van der Waals surface area contributed by atoms with E-state index in [9.17, 15) is 13.2 Å². The molecular weight excluding hydrogens is 331 g/mol. The van der Waals surface area contributed by atoms with Gasteiger partial charge in [0.15, 0.2) is 0 Å². The molecule has 1 aromatic carbocycles. The highest BCUT2D eigenvalue weighted by molar-refractivity contribution is 9.10. The smallest absolute Gasteiger partial charge is 0.384 e. The van der Waals surface area contributed by atoms with E-state index in [-0.39, 0.29) is 5.69 Å². The predicted octanol–water partition coefficient (Wildman–Crippen LogP) is 6.10. The lowest BCUT2D eigenvalue weighted by molar-refractivity contribution is -0.137. The minimum atomic E-state index is -4.34. The molecule has 1 unspecified atom stereocenters. The third kappa shape index (κ3) is 5.35. The second-order valence-corrected chi connectivity index (χ2v) is 5.90. The Morgan fingerprint density at radius 1 is 1.25 bits per heavy atom. The SMILES string of the molecule is CCCCC(CC)CNc1ccc(Br)cc1C(F)(F)F. The second-order valence-electron chi connectivity index (χ2n) is 4.99. The van der Waals surface area contributed by atoms with E-state index >= 15 is 0 Å². The lowest BCUT2D eigenvalue weighted by Crippen LogP contribution is -2.17. The summed E-state index contributed by atoms with van der Waals surface area (Å²) in [6.07, 6.45) is -0.0742. The third-order valence-corrected chi connectivity index (χ3v) is 3.90. The molecule has 0 aliphatic rings. The largest absolute Gasteiger partial charge is 0.418 e. The zero-order chi connectivity index (χ0) is 15.2. The van der Waals surface area contributed by atoms with E-state index in [1.54, 1.807) is 6.07 Å². The van der Waals surface area contributed by atoms with Crippen LogP contribution in [0.3, 0.4) is 0 Å². The average molecular weight is 352 g/mol. The van der Waals surface area contributed by atoms with E-state index in [2.05, 4.69) is 35.1 Å². The van der Waals surface area contributed by atoms with Crippen LogP contribution in [0.5, 0.6) is 0 Å². The molecule has 0 aromatic heterocycles. The Kier molecular flexibility index (Phi) is 6.86. The van der Waals surface area contributed by atoms with E-state index in [0.29, 0.717) is 16.9 Å². The van der Waals surface area contributed by atoms with Gasteiger partial charge in [0.05, 0.1) is 5.56 Å². The van der Waals surface area contributed by atoms with E-state index in [1.165, 1.54) is 6.07 Å². The van der Waals surface area contributed by atoms with E-state index in [0.717, 1.165) is 31.7 Å². The Hall–Kier alpha value is -0.710. The van der Waals surface area contributed by atoms with Crippen molar-refractivity contribution in [2.45, 2.75) is 45.7 Å². The number of benzene rings is 1. The molecule has 114 valence electrons. The zero-order valence-electron chi connectivity index (χ0n) is 11.9. The topological polar surface area (TPSA) is 12.0 Å². The van der Waals surface area contributed by atoms with Gasteiger partial charge in [0.1, 0.15) is 0 Å². The summed E-state index contributed by atoms with van der Waals surface area (Å²) in [7, 11) is 0. The first kappa shape index (κ1) is 17.3. The van der Waals surface area contributed by atoms with Crippen LogP contribution in [0, 0.1) is 5.92 Å². The fourth-order valence-electron chi connectivity index (χ4n) is 2.10. The summed E-state index contributed by atoms with van der Waals surface area (Å²) >= 11 is 3.09. The summed E-state index contributed by atoms with van der Waals surface area (Å²) < 4.78 is 39.4. The molecule has 20 heavy (non-hydrogen) atoms. The highest BCUT2D eigenvalue weighted by atomic mass is 79.9. The quantitative estimate of drug-likeness (QED) is 0.626. The summed E-state index contributed by atoms with van der Waals surface area (Å²) in [6, 6.07) is 4.24. The first-order chi connectivity index (χ1) is 9.38. The van der Waals surface area contributed by atoms with Crippen molar-refractivity contribution in [1.29, 1.82) is 0 Å². The molecule has 1 nitrogen and oxygen atoms in total. The summed E-state index contributed by atoms with van der Waals surface area (Å²) in [6.45, 7) is 4.78. The van der Waals surface area contributed by atoms with Gasteiger partial charge in [-0.25, -0.2) is 0 Å². The number of hydrogen-bond donors (Lipinski definition) is 1. The maximum atomic E-state index is 13.0. The van der Waals surface area contributed by atoms with Crippen LogP contribution in [0.15, 0.2) is 22.7 Å². The van der Waals surface area contributed by atoms with Crippen LogP contribution in [-0.2, 0) is 6.18 Å². The molecule has 0 aliphatic heterocycles. The Morgan fingerprint density at radius 3 is 2.50 bits per heavy atom. The van der Waals surface area contributed by atoms with Gasteiger partial charge in [0.25, 0.3) is 0 Å². The summed E-state index contributed by atoms with van der Waals surface area (Å²) in [5.41, 5.74) is -0.451. The van der Waals surface area contributed by atoms with Crippen LogP contribution in [0.25, 0.3) is 0 Å². The summed E-state index contributed by atoms with van der Waals surface area (Å²) in [5.74, 6) is 0.416. The minimum absolute atomic E-state index is 0.163. The molecule has 0 saturated carbocycles. The molecular formula is C15H21BrF3N. The highest BCUT2D eigenvalue weighted by Crippen LogP contribution is 2.36. The maximum absolute atomic E-state index is 13.0. The van der Waals surface area contributed by atoms with E-state index in [1.807, 2.05) is 0 Å². The first-order valence-corrected chi connectivity index (χ1v) is 7.78. The monoisotopic (exact) mass is 351 g/mol. The Balaban J connectivity index is 2.76. The Morgan fingerprint density at radius 2 is 1.95 bits per heavy atom. The summed E-state index contributed by atoms with van der Waals surface area (Å²) in [4.78, 5) is 0. The van der Waals surface area contributed by atoms with Crippen LogP contribution in [0.1, 0.15) is 45.1 Å². The van der Waals surface area contributed by atoms with Crippen LogP contribution >= 0.6 is 15.9 Å². The highest BCUT2D eigenvalue weighted by Gasteiger charge is 2.33. The molecule has 1 rings (SSSR count). The number of alkyl halides is 3. The van der Waals surface area contributed by atoms with E-state index in [4.69, 9.17) is 0 Å². The van der Waals surface area contributed by atoms with Crippen LogP contribution < -0.4 is 5.32 Å². The van der Waals surface area contributed by atoms with Gasteiger partial charge in [-0.1, -0.05) is 49.0 Å². The van der Waals surface area contributed by atoms with Crippen LogP contribution in [-0.4, -0.2) is 6.54 Å². The molecule has 1 atom stereocenters. The molecule has 5 heteroatoms. The van der Waals surface area contributed by atoms with Crippen molar-refractivity contribution in [3.63, 3.8) is 0 Å². The van der Waals surface area contributed by atoms with Gasteiger partial charge < -0.3 is 5.32 Å². The van der Waals surface area contributed by atoms with Crippen molar-refractivity contribution >= 4 is 21.6 Å². The number of hydrogen-bond acceptors (Lipinski definition) is 1. The molecule has 0 saturated heterocycles. The predicted molar refractivity (Wildman–Crippen MR) is 80.9 cm³/mol. The van der Waals surface area contributed by atoms with Gasteiger partial charge >= 0.3 is 6.18 Å². The van der Waals surface area contributed by atoms with E-state index < -0.39 is 11.7 Å². The first-order valence-electron chi connectivity index (χ1n) is 6.99. The average Bonchev–Trinajstić information content (AvgIpc) is 2.39. The molecule has 1 aromatic rings. The van der Waals surface area contributed by atoms with Gasteiger partial charge in [0, 0.05) is 16.7 Å². The fraction of sp³-hybridized carbons (Fsp3) is 0.600. The van der Waals surface area contributed by atoms with Gasteiger partial charge in [-0.3, -0.25) is 0 Å². The van der Waals surface area contributed by atoms with Crippen molar-refractivity contribution in [1.82, 2.24) is 0 Å². The standard InChI is InChI=1S/C15H21BrF3N/c1-3-5-6-11(4-2)10-20-14-8-7-12(16)9-13(14)15(17,18)19/h7-9,11,20H,3-6,10H2,1-2H3. The van der Waals surface area contributed by atoms with Crippen molar-refractivity contribution in [3.8, 4) is 0 Å². The number of rotatable bonds is 7. The summed E-state index contributed by atoms with van der Waals surface area (Å²) in [5, 5.41) is 2.97. The van der Waals surface area contributed by atoms with Crippen molar-refractivity contribution < 1.29 is 13.2 Å². The molecule has 0 amide bonds. The van der Waals surface area contributed by atoms with Gasteiger partial charge in [0.2, 0.25) is 0 Å². The Bertz CT molecular complexity index is 418. The number of nitrogens with one attached hydrogen (secondary N) is 1. The minimum Gasteiger partial charge on any atom is -0.384 e. The Labute approximate surface area is 127 Å². The molecule has 1 N–H and O–H groups in total. The normalized spacial score (nSPS) is 13.3. The second kappa shape index (κ2) is 7.91. The lowest BCUT2D eigenvalue weighted by atomic mass is 9.99. The van der Waals surface area contributed by atoms with Gasteiger partial charge in [-0.05, 0) is 30.5 Å². The van der Waals surface area contributed by atoms with Crippen LogP contribution in [0.4, 0.5) is 18.9 Å². The van der Waals surface area contributed by atoms with Gasteiger partial charge in [-0.15, -0.1) is 0 Å². The molecule has 0 spiro atoms. The van der Waals surface area contributed by atoms with Gasteiger partial charge in [-0.2, -0.15) is 13.2 Å². The van der Waals surface area contributed by atoms with Crippen molar-refractivity contribution in [3.05, 3.63) is 28.2 Å². The zero-order valence-corrected chi connectivity index (χ0v) is 13.4. The third-order valence-electron chi connectivity index (χ3n) is 3.41. The molecule has 0 radical (unpaired) electrons. The molecule has 0 fully saturated rings. The van der Waals surface area contributed by atoms with Crippen LogP contribution in [0.2, 0.25) is 0 Å². The maximum Gasteiger partial charge on any atom is 0.418 e. The molecule has 0 heterocycles. The lowest BCUT2D eigenvalue weighted by Gasteiger charge is -2.19.